The maximum absolute atomic E-state index is 12.6. The molecule has 0 atom stereocenters. The zero-order valence-corrected chi connectivity index (χ0v) is 11.3. The molecule has 1 heterocycles. The average Bonchev–Trinajstić information content (AvgIpc) is 2.59. The van der Waals surface area contributed by atoms with E-state index in [9.17, 15) is 4.79 Å². The van der Waals surface area contributed by atoms with Crippen molar-refractivity contribution in [3.8, 4) is 0 Å². The van der Waals surface area contributed by atoms with Crippen molar-refractivity contribution in [3.63, 3.8) is 0 Å². The first-order chi connectivity index (χ1) is 8.51. The molecule has 1 aromatic rings. The van der Waals surface area contributed by atoms with Crippen LogP contribution in [0.4, 0.5) is 17.1 Å². The van der Waals surface area contributed by atoms with E-state index in [1.54, 1.807) is 0 Å². The largest absolute Gasteiger partial charge is 0.397 e. The Morgan fingerprint density at radius 2 is 1.67 bits per heavy atom. The Labute approximate surface area is 108 Å². The predicted octanol–water partition coefficient (Wildman–Crippen LogP) is 2.28. The molecule has 0 aliphatic carbocycles. The minimum absolute atomic E-state index is 0.176. The SMILES string of the molecule is CCN1C(=O)C(CC)(CC)c2cc(N)c(N)cc21. The number of fused-ring (bicyclic) bond motifs is 1. The first-order valence-electron chi connectivity index (χ1n) is 6.53. The molecule has 98 valence electrons. The molecule has 4 N–H and O–H groups in total. The number of nitrogens with two attached hydrogens (primary N) is 2. The number of nitrogen functional groups attached to an aromatic ring is 2. The highest BCUT2D eigenvalue weighted by Gasteiger charge is 2.48. The molecule has 0 saturated heterocycles. The molecule has 1 aliphatic rings. The summed E-state index contributed by atoms with van der Waals surface area (Å²) in [7, 11) is 0. The molecule has 0 unspecified atom stereocenters. The number of likely N-dealkylation sites (N-methyl/N-ethyl adjacent to an activating group) is 1. The lowest BCUT2D eigenvalue weighted by Crippen LogP contribution is -2.39. The summed E-state index contributed by atoms with van der Waals surface area (Å²) in [5.74, 6) is 0.176. The second-order valence-corrected chi connectivity index (χ2v) is 4.84. The zero-order chi connectivity index (χ0) is 13.5. The molecule has 0 bridgehead atoms. The maximum atomic E-state index is 12.6. The van der Waals surface area contributed by atoms with E-state index in [0.29, 0.717) is 17.9 Å². The van der Waals surface area contributed by atoms with Crippen molar-refractivity contribution in [2.24, 2.45) is 0 Å². The first kappa shape index (κ1) is 12.7. The summed E-state index contributed by atoms with van der Waals surface area (Å²) in [6.07, 6.45) is 1.57. The van der Waals surface area contributed by atoms with Crippen LogP contribution in [0.1, 0.15) is 39.2 Å². The molecule has 2 rings (SSSR count). The van der Waals surface area contributed by atoms with Crippen LogP contribution in [0.2, 0.25) is 0 Å². The topological polar surface area (TPSA) is 72.3 Å². The van der Waals surface area contributed by atoms with Gasteiger partial charge in [-0.2, -0.15) is 0 Å². The second-order valence-electron chi connectivity index (χ2n) is 4.84. The number of hydrogen-bond acceptors (Lipinski definition) is 3. The van der Waals surface area contributed by atoms with Crippen molar-refractivity contribution in [1.29, 1.82) is 0 Å². The normalized spacial score (nSPS) is 17.1. The molecule has 4 heteroatoms. The molecule has 0 aromatic heterocycles. The van der Waals surface area contributed by atoms with Gasteiger partial charge in [-0.1, -0.05) is 13.8 Å². The molecule has 1 amide bonds. The number of hydrogen-bond donors (Lipinski definition) is 2. The highest BCUT2D eigenvalue weighted by atomic mass is 16.2. The third-order valence-corrected chi connectivity index (χ3v) is 4.19. The van der Waals surface area contributed by atoms with E-state index >= 15 is 0 Å². The van der Waals surface area contributed by atoms with Crippen LogP contribution in [-0.2, 0) is 10.2 Å². The Morgan fingerprint density at radius 3 is 2.17 bits per heavy atom. The number of carbonyl (C=O) groups is 1. The summed E-state index contributed by atoms with van der Waals surface area (Å²) in [6, 6.07) is 3.71. The molecule has 0 saturated carbocycles. The molecule has 18 heavy (non-hydrogen) atoms. The van der Waals surface area contributed by atoms with Crippen LogP contribution in [0.5, 0.6) is 0 Å². The fourth-order valence-corrected chi connectivity index (χ4v) is 2.96. The number of nitrogens with zero attached hydrogens (tertiary/aromatic N) is 1. The summed E-state index contributed by atoms with van der Waals surface area (Å²) in [5, 5.41) is 0. The van der Waals surface area contributed by atoms with Gasteiger partial charge in [-0.3, -0.25) is 4.79 Å². The first-order valence-corrected chi connectivity index (χ1v) is 6.53. The van der Waals surface area contributed by atoms with Crippen LogP contribution in [0.15, 0.2) is 12.1 Å². The van der Waals surface area contributed by atoms with Gasteiger partial charge >= 0.3 is 0 Å². The van der Waals surface area contributed by atoms with Crippen LogP contribution >= 0.6 is 0 Å². The van der Waals surface area contributed by atoms with Crippen LogP contribution in [0.3, 0.4) is 0 Å². The Balaban J connectivity index is 2.71. The van der Waals surface area contributed by atoms with Gasteiger partial charge in [0.1, 0.15) is 0 Å². The van der Waals surface area contributed by atoms with Gasteiger partial charge in [0.2, 0.25) is 5.91 Å². The quantitative estimate of drug-likeness (QED) is 0.805. The summed E-state index contributed by atoms with van der Waals surface area (Å²) in [6.45, 7) is 6.75. The van der Waals surface area contributed by atoms with Crippen LogP contribution < -0.4 is 16.4 Å². The standard InChI is InChI=1S/C14H21N3O/c1-4-14(5-2)9-7-10(15)11(16)8-12(9)17(6-3)13(14)18/h7-8H,4-6,15-16H2,1-3H3. The predicted molar refractivity (Wildman–Crippen MR) is 75.6 cm³/mol. The molecule has 0 radical (unpaired) electrons. The van der Waals surface area contributed by atoms with E-state index in [2.05, 4.69) is 13.8 Å². The monoisotopic (exact) mass is 247 g/mol. The van der Waals surface area contributed by atoms with Crippen molar-refractivity contribution in [2.75, 3.05) is 22.9 Å². The number of carbonyl (C=O) groups excluding carboxylic acids is 1. The Kier molecular flexibility index (Phi) is 2.97. The summed E-state index contributed by atoms with van der Waals surface area (Å²) < 4.78 is 0. The van der Waals surface area contributed by atoms with E-state index < -0.39 is 5.41 Å². The van der Waals surface area contributed by atoms with E-state index in [1.807, 2.05) is 24.0 Å². The highest BCUT2D eigenvalue weighted by molar-refractivity contribution is 6.09. The second kappa shape index (κ2) is 4.19. The third kappa shape index (κ3) is 1.41. The third-order valence-electron chi connectivity index (χ3n) is 4.19. The highest BCUT2D eigenvalue weighted by Crippen LogP contribution is 2.47. The summed E-state index contributed by atoms with van der Waals surface area (Å²) >= 11 is 0. The smallest absolute Gasteiger partial charge is 0.237 e. The van der Waals surface area contributed by atoms with E-state index in [1.165, 1.54) is 0 Å². The van der Waals surface area contributed by atoms with Crippen molar-refractivity contribution >= 4 is 23.0 Å². The fraction of sp³-hybridized carbons (Fsp3) is 0.500. The van der Waals surface area contributed by atoms with Crippen molar-refractivity contribution in [2.45, 2.75) is 39.0 Å². The maximum Gasteiger partial charge on any atom is 0.237 e. The molecule has 1 aromatic carbocycles. The Hall–Kier alpha value is -1.71. The van der Waals surface area contributed by atoms with Crippen molar-refractivity contribution in [3.05, 3.63) is 17.7 Å². The molecular formula is C14H21N3O. The van der Waals surface area contributed by atoms with Crippen molar-refractivity contribution < 1.29 is 4.79 Å². The van der Waals surface area contributed by atoms with Gasteiger partial charge < -0.3 is 16.4 Å². The minimum Gasteiger partial charge on any atom is -0.397 e. The number of benzene rings is 1. The lowest BCUT2D eigenvalue weighted by molar-refractivity contribution is -0.123. The van der Waals surface area contributed by atoms with Gasteiger partial charge in [-0.15, -0.1) is 0 Å². The number of amides is 1. The van der Waals surface area contributed by atoms with Gasteiger partial charge in [0.05, 0.1) is 22.5 Å². The average molecular weight is 247 g/mol. The van der Waals surface area contributed by atoms with Gasteiger partial charge in [-0.05, 0) is 37.5 Å². The summed E-state index contributed by atoms with van der Waals surface area (Å²) in [4.78, 5) is 14.5. The number of rotatable bonds is 3. The van der Waals surface area contributed by atoms with Crippen LogP contribution in [0, 0.1) is 0 Å². The van der Waals surface area contributed by atoms with Crippen molar-refractivity contribution in [1.82, 2.24) is 0 Å². The molecule has 0 fully saturated rings. The lowest BCUT2D eigenvalue weighted by atomic mass is 9.77. The van der Waals surface area contributed by atoms with Crippen LogP contribution in [-0.4, -0.2) is 12.5 Å². The van der Waals surface area contributed by atoms with E-state index in [0.717, 1.165) is 24.1 Å². The Bertz CT molecular complexity index is 492. The van der Waals surface area contributed by atoms with E-state index in [4.69, 9.17) is 11.5 Å². The van der Waals surface area contributed by atoms with Crippen LogP contribution in [0.25, 0.3) is 0 Å². The summed E-state index contributed by atoms with van der Waals surface area (Å²) in [5.41, 5.74) is 14.4. The fourth-order valence-electron chi connectivity index (χ4n) is 2.96. The minimum atomic E-state index is -0.423. The molecular weight excluding hydrogens is 226 g/mol. The molecule has 1 aliphatic heterocycles. The van der Waals surface area contributed by atoms with Gasteiger partial charge in [0.15, 0.2) is 0 Å². The van der Waals surface area contributed by atoms with Gasteiger partial charge in [0.25, 0.3) is 0 Å². The molecule has 4 nitrogen and oxygen atoms in total. The zero-order valence-electron chi connectivity index (χ0n) is 11.3. The number of anilines is 3. The van der Waals surface area contributed by atoms with Gasteiger partial charge in [-0.25, -0.2) is 0 Å². The molecule has 0 spiro atoms. The Morgan fingerprint density at radius 1 is 1.11 bits per heavy atom. The van der Waals surface area contributed by atoms with E-state index in [-0.39, 0.29) is 5.91 Å². The lowest BCUT2D eigenvalue weighted by Gasteiger charge is -2.25. The van der Waals surface area contributed by atoms with Gasteiger partial charge in [0, 0.05) is 6.54 Å².